The van der Waals surface area contributed by atoms with Crippen LogP contribution in [0.4, 0.5) is 0 Å². The first kappa shape index (κ1) is 13.0. The summed E-state index contributed by atoms with van der Waals surface area (Å²) in [7, 11) is 1.63. The van der Waals surface area contributed by atoms with Gasteiger partial charge in [-0.3, -0.25) is 4.79 Å². The molecule has 0 aliphatic heterocycles. The van der Waals surface area contributed by atoms with Crippen molar-refractivity contribution in [2.45, 2.75) is 9.79 Å². The van der Waals surface area contributed by atoms with Gasteiger partial charge in [0.05, 0.1) is 7.11 Å². The van der Waals surface area contributed by atoms with E-state index in [0.29, 0.717) is 10.6 Å². The number of carbonyl (C=O) groups excluding carboxylic acids is 1. The van der Waals surface area contributed by atoms with E-state index in [-0.39, 0.29) is 0 Å². The highest BCUT2D eigenvalue weighted by atomic mass is 35.5. The smallest absolute Gasteiger partial charge is 0.151 e. The van der Waals surface area contributed by atoms with Crippen molar-refractivity contribution < 1.29 is 9.53 Å². The molecule has 2 nitrogen and oxygen atoms in total. The molecule has 18 heavy (non-hydrogen) atoms. The van der Waals surface area contributed by atoms with Crippen LogP contribution < -0.4 is 4.74 Å². The van der Waals surface area contributed by atoms with Gasteiger partial charge in [-0.15, -0.1) is 0 Å². The molecule has 0 aromatic heterocycles. The third-order valence-electron chi connectivity index (χ3n) is 2.39. The van der Waals surface area contributed by atoms with Crippen molar-refractivity contribution in [3.05, 3.63) is 53.1 Å². The lowest BCUT2D eigenvalue weighted by atomic mass is 10.2. The van der Waals surface area contributed by atoms with Gasteiger partial charge in [0, 0.05) is 20.4 Å². The molecule has 0 saturated heterocycles. The van der Waals surface area contributed by atoms with Crippen molar-refractivity contribution >= 4 is 29.6 Å². The minimum absolute atomic E-state index is 0.566. The average Bonchev–Trinajstić information content (AvgIpc) is 2.41. The Morgan fingerprint density at radius 3 is 2.50 bits per heavy atom. The lowest BCUT2D eigenvalue weighted by Gasteiger charge is -2.06. The zero-order chi connectivity index (χ0) is 13.0. The molecule has 0 spiro atoms. The molecule has 0 aliphatic rings. The van der Waals surface area contributed by atoms with Gasteiger partial charge < -0.3 is 4.74 Å². The zero-order valence-corrected chi connectivity index (χ0v) is 11.3. The number of halogens is 1. The Hall–Kier alpha value is -1.45. The van der Waals surface area contributed by atoms with Gasteiger partial charge in [-0.1, -0.05) is 23.4 Å². The average molecular weight is 279 g/mol. The van der Waals surface area contributed by atoms with Crippen LogP contribution >= 0.6 is 23.4 Å². The predicted octanol–water partition coefficient (Wildman–Crippen LogP) is 4.31. The van der Waals surface area contributed by atoms with Gasteiger partial charge >= 0.3 is 0 Å². The van der Waals surface area contributed by atoms with Gasteiger partial charge in [-0.05, 0) is 42.5 Å². The molecule has 2 aromatic rings. The Kier molecular flexibility index (Phi) is 4.28. The Balaban J connectivity index is 2.24. The van der Waals surface area contributed by atoms with E-state index < -0.39 is 0 Å². The second-order valence-electron chi connectivity index (χ2n) is 3.58. The Bertz CT molecular complexity index is 552. The van der Waals surface area contributed by atoms with E-state index in [1.54, 1.807) is 19.2 Å². The summed E-state index contributed by atoms with van der Waals surface area (Å²) in [4.78, 5) is 12.9. The maximum atomic E-state index is 11.0. The summed E-state index contributed by atoms with van der Waals surface area (Å²) >= 11 is 7.37. The number of ether oxygens (including phenoxy) is 1. The number of rotatable bonds is 4. The normalized spacial score (nSPS) is 10.1. The lowest BCUT2D eigenvalue weighted by Crippen LogP contribution is -1.85. The summed E-state index contributed by atoms with van der Waals surface area (Å²) < 4.78 is 5.10. The number of benzene rings is 2. The molecule has 0 radical (unpaired) electrons. The van der Waals surface area contributed by atoms with Crippen LogP contribution in [0.1, 0.15) is 10.4 Å². The number of methoxy groups -OCH3 is 1. The third kappa shape index (κ3) is 3.06. The van der Waals surface area contributed by atoms with Crippen molar-refractivity contribution in [3.8, 4) is 5.75 Å². The lowest BCUT2D eigenvalue weighted by molar-refractivity contribution is 0.112. The van der Waals surface area contributed by atoms with Crippen LogP contribution in [0, 0.1) is 0 Å². The molecular formula is C14H11ClO2S. The first-order chi connectivity index (χ1) is 8.72. The van der Waals surface area contributed by atoms with Crippen LogP contribution in [-0.2, 0) is 0 Å². The molecule has 0 fully saturated rings. The minimum atomic E-state index is 0.566. The van der Waals surface area contributed by atoms with Gasteiger partial charge in [0.15, 0.2) is 6.29 Å². The highest BCUT2D eigenvalue weighted by molar-refractivity contribution is 7.99. The van der Waals surface area contributed by atoms with Gasteiger partial charge in [0.2, 0.25) is 0 Å². The molecule has 0 aliphatic carbocycles. The first-order valence-corrected chi connectivity index (χ1v) is 6.49. The second-order valence-corrected chi connectivity index (χ2v) is 5.13. The highest BCUT2D eigenvalue weighted by Gasteiger charge is 2.05. The summed E-state index contributed by atoms with van der Waals surface area (Å²) in [6, 6.07) is 13.0. The topological polar surface area (TPSA) is 26.3 Å². The summed E-state index contributed by atoms with van der Waals surface area (Å²) in [6.45, 7) is 0. The van der Waals surface area contributed by atoms with Crippen molar-refractivity contribution in [1.29, 1.82) is 0 Å². The molecule has 0 bridgehead atoms. The largest absolute Gasteiger partial charge is 0.497 e. The van der Waals surface area contributed by atoms with Crippen LogP contribution in [0.2, 0.25) is 5.02 Å². The molecule has 0 unspecified atom stereocenters. The Morgan fingerprint density at radius 2 is 1.89 bits per heavy atom. The summed E-state index contributed by atoms with van der Waals surface area (Å²) in [6.07, 6.45) is 0.817. The maximum absolute atomic E-state index is 11.0. The molecule has 92 valence electrons. The fraction of sp³-hybridized carbons (Fsp3) is 0.0714. The monoisotopic (exact) mass is 278 g/mol. The van der Waals surface area contributed by atoms with Crippen LogP contribution in [-0.4, -0.2) is 13.4 Å². The maximum Gasteiger partial charge on any atom is 0.151 e. The fourth-order valence-electron chi connectivity index (χ4n) is 1.48. The van der Waals surface area contributed by atoms with Crippen molar-refractivity contribution in [2.75, 3.05) is 7.11 Å². The molecule has 0 N–H and O–H groups in total. The van der Waals surface area contributed by atoms with Crippen molar-refractivity contribution in [1.82, 2.24) is 0 Å². The fourth-order valence-corrected chi connectivity index (χ4v) is 2.54. The molecule has 0 saturated carbocycles. The molecule has 0 heterocycles. The number of hydrogen-bond acceptors (Lipinski definition) is 3. The summed E-state index contributed by atoms with van der Waals surface area (Å²) in [5.41, 5.74) is 0.600. The van der Waals surface area contributed by atoms with E-state index in [1.807, 2.05) is 30.3 Å². The SMILES string of the molecule is COc1ccc(Sc2ccc(Cl)cc2C=O)cc1. The minimum Gasteiger partial charge on any atom is -0.497 e. The Labute approximate surface area is 115 Å². The van der Waals surface area contributed by atoms with Crippen molar-refractivity contribution in [2.24, 2.45) is 0 Å². The van der Waals surface area contributed by atoms with Gasteiger partial charge in [0.25, 0.3) is 0 Å². The molecule has 0 amide bonds. The van der Waals surface area contributed by atoms with E-state index in [4.69, 9.17) is 16.3 Å². The molecular weight excluding hydrogens is 268 g/mol. The van der Waals surface area contributed by atoms with E-state index in [2.05, 4.69) is 0 Å². The van der Waals surface area contributed by atoms with E-state index >= 15 is 0 Å². The summed E-state index contributed by atoms with van der Waals surface area (Å²) in [5, 5.41) is 0.566. The molecule has 0 atom stereocenters. The zero-order valence-electron chi connectivity index (χ0n) is 9.72. The predicted molar refractivity (Wildman–Crippen MR) is 74.0 cm³/mol. The van der Waals surface area contributed by atoms with E-state index in [0.717, 1.165) is 21.8 Å². The van der Waals surface area contributed by atoms with Gasteiger partial charge in [-0.2, -0.15) is 0 Å². The first-order valence-electron chi connectivity index (χ1n) is 5.29. The highest BCUT2D eigenvalue weighted by Crippen LogP contribution is 2.32. The quantitative estimate of drug-likeness (QED) is 0.780. The number of hydrogen-bond donors (Lipinski definition) is 0. The van der Waals surface area contributed by atoms with Gasteiger partial charge in [0.1, 0.15) is 5.75 Å². The number of aldehydes is 1. The van der Waals surface area contributed by atoms with Crippen LogP contribution in [0.3, 0.4) is 0 Å². The van der Waals surface area contributed by atoms with E-state index in [9.17, 15) is 4.79 Å². The third-order valence-corrected chi connectivity index (χ3v) is 3.72. The summed E-state index contributed by atoms with van der Waals surface area (Å²) in [5.74, 6) is 0.811. The van der Waals surface area contributed by atoms with E-state index in [1.165, 1.54) is 11.8 Å². The Morgan fingerprint density at radius 1 is 1.17 bits per heavy atom. The number of carbonyl (C=O) groups is 1. The van der Waals surface area contributed by atoms with Crippen LogP contribution in [0.15, 0.2) is 52.3 Å². The van der Waals surface area contributed by atoms with Gasteiger partial charge in [-0.25, -0.2) is 0 Å². The van der Waals surface area contributed by atoms with Crippen LogP contribution in [0.5, 0.6) is 5.75 Å². The molecule has 2 aromatic carbocycles. The standard InChI is InChI=1S/C14H11ClO2S/c1-17-12-3-5-13(6-4-12)18-14-7-2-11(15)8-10(14)9-16/h2-9H,1H3. The van der Waals surface area contributed by atoms with Crippen molar-refractivity contribution in [3.63, 3.8) is 0 Å². The molecule has 4 heteroatoms. The van der Waals surface area contributed by atoms with Crippen LogP contribution in [0.25, 0.3) is 0 Å². The molecule has 2 rings (SSSR count). The second kappa shape index (κ2) is 5.94.